The third-order valence-corrected chi connectivity index (χ3v) is 4.87. The molecule has 0 saturated carbocycles. The van der Waals surface area contributed by atoms with Crippen LogP contribution < -0.4 is 5.32 Å². The van der Waals surface area contributed by atoms with Crippen molar-refractivity contribution >= 4 is 23.2 Å². The molecular formula is C16H18N2O3S. The van der Waals surface area contributed by atoms with Crippen LogP contribution in [0.25, 0.3) is 10.6 Å². The van der Waals surface area contributed by atoms with Crippen molar-refractivity contribution in [3.63, 3.8) is 0 Å². The fourth-order valence-corrected chi connectivity index (χ4v) is 3.42. The van der Waals surface area contributed by atoms with E-state index in [0.717, 1.165) is 16.4 Å². The van der Waals surface area contributed by atoms with Gasteiger partial charge in [0.15, 0.2) is 0 Å². The Kier molecular flexibility index (Phi) is 4.02. The van der Waals surface area contributed by atoms with Crippen molar-refractivity contribution in [3.05, 3.63) is 34.9 Å². The molecule has 3 heterocycles. The molecule has 1 aliphatic rings. The summed E-state index contributed by atoms with van der Waals surface area (Å²) < 4.78 is 5.57. The Labute approximate surface area is 132 Å². The standard InChI is InChI=1S/C16H18N2O3S/c1-10-3-5-12(21-10)13-6-7-14(22-13)16(20)17-11-4-8-15(19)18(2)9-11/h3,5-7,11H,4,8-9H2,1-2H3,(H,17,20)/t11-/m1/s1. The van der Waals surface area contributed by atoms with Crippen molar-refractivity contribution in [3.8, 4) is 10.6 Å². The van der Waals surface area contributed by atoms with Crippen LogP contribution in [0.2, 0.25) is 0 Å². The number of nitrogens with zero attached hydrogens (tertiary/aromatic N) is 1. The van der Waals surface area contributed by atoms with E-state index in [1.54, 1.807) is 11.9 Å². The smallest absolute Gasteiger partial charge is 0.261 e. The van der Waals surface area contributed by atoms with Crippen molar-refractivity contribution in [1.82, 2.24) is 10.2 Å². The minimum absolute atomic E-state index is 0.0200. The summed E-state index contributed by atoms with van der Waals surface area (Å²) in [7, 11) is 1.77. The molecule has 1 N–H and O–H groups in total. The predicted octanol–water partition coefficient (Wildman–Crippen LogP) is 2.67. The monoisotopic (exact) mass is 318 g/mol. The summed E-state index contributed by atoms with van der Waals surface area (Å²) in [6.07, 6.45) is 1.19. The zero-order chi connectivity index (χ0) is 15.7. The van der Waals surface area contributed by atoms with Gasteiger partial charge >= 0.3 is 0 Å². The van der Waals surface area contributed by atoms with Gasteiger partial charge in [-0.2, -0.15) is 0 Å². The molecule has 0 aromatic carbocycles. The molecule has 1 atom stereocenters. The van der Waals surface area contributed by atoms with Crippen LogP contribution >= 0.6 is 11.3 Å². The Morgan fingerprint density at radius 3 is 2.86 bits per heavy atom. The minimum Gasteiger partial charge on any atom is -0.461 e. The summed E-state index contributed by atoms with van der Waals surface area (Å²) in [6.45, 7) is 2.46. The molecule has 22 heavy (non-hydrogen) atoms. The molecule has 0 spiro atoms. The van der Waals surface area contributed by atoms with Gasteiger partial charge in [-0.05, 0) is 37.6 Å². The van der Waals surface area contributed by atoms with Crippen LogP contribution in [-0.4, -0.2) is 36.3 Å². The van der Waals surface area contributed by atoms with Gasteiger partial charge in [0.25, 0.3) is 5.91 Å². The van der Waals surface area contributed by atoms with E-state index >= 15 is 0 Å². The third-order valence-electron chi connectivity index (χ3n) is 3.77. The number of thiophene rings is 1. The van der Waals surface area contributed by atoms with Crippen molar-refractivity contribution in [2.24, 2.45) is 0 Å². The lowest BCUT2D eigenvalue weighted by Gasteiger charge is -2.29. The largest absolute Gasteiger partial charge is 0.461 e. The van der Waals surface area contributed by atoms with Crippen LogP contribution in [0, 0.1) is 6.92 Å². The second-order valence-electron chi connectivity index (χ2n) is 5.56. The minimum atomic E-state index is -0.0905. The van der Waals surface area contributed by atoms with Gasteiger partial charge in [0.1, 0.15) is 11.5 Å². The van der Waals surface area contributed by atoms with Crippen LogP contribution in [0.1, 0.15) is 28.3 Å². The maximum Gasteiger partial charge on any atom is 0.261 e. The number of aryl methyl sites for hydroxylation is 1. The number of rotatable bonds is 3. The van der Waals surface area contributed by atoms with Crippen LogP contribution in [0.15, 0.2) is 28.7 Å². The van der Waals surface area contributed by atoms with E-state index in [0.29, 0.717) is 24.3 Å². The van der Waals surface area contributed by atoms with E-state index in [-0.39, 0.29) is 17.9 Å². The van der Waals surface area contributed by atoms with E-state index in [2.05, 4.69) is 5.32 Å². The van der Waals surface area contributed by atoms with Gasteiger partial charge in [-0.3, -0.25) is 9.59 Å². The number of furan rings is 1. The summed E-state index contributed by atoms with van der Waals surface area (Å²) in [5.41, 5.74) is 0. The predicted molar refractivity (Wildman–Crippen MR) is 84.9 cm³/mol. The zero-order valence-electron chi connectivity index (χ0n) is 12.6. The Morgan fingerprint density at radius 2 is 2.18 bits per heavy atom. The van der Waals surface area contributed by atoms with Crippen LogP contribution in [-0.2, 0) is 4.79 Å². The van der Waals surface area contributed by atoms with Crippen molar-refractivity contribution < 1.29 is 14.0 Å². The third kappa shape index (κ3) is 3.06. The molecule has 0 radical (unpaired) electrons. The molecule has 3 rings (SSSR count). The zero-order valence-corrected chi connectivity index (χ0v) is 13.4. The van der Waals surface area contributed by atoms with Gasteiger partial charge < -0.3 is 14.6 Å². The van der Waals surface area contributed by atoms with Gasteiger partial charge in [0, 0.05) is 26.1 Å². The van der Waals surface area contributed by atoms with Gasteiger partial charge in [-0.1, -0.05) is 0 Å². The van der Waals surface area contributed by atoms with Crippen LogP contribution in [0.5, 0.6) is 0 Å². The normalized spacial score (nSPS) is 18.5. The molecular weight excluding hydrogens is 300 g/mol. The SMILES string of the molecule is Cc1ccc(-c2ccc(C(=O)N[C@@H]3CCC(=O)N(C)C3)s2)o1. The molecule has 1 fully saturated rings. The van der Waals surface area contributed by atoms with E-state index in [1.165, 1.54) is 11.3 Å². The molecule has 5 nitrogen and oxygen atoms in total. The first-order valence-electron chi connectivity index (χ1n) is 7.24. The van der Waals surface area contributed by atoms with E-state index < -0.39 is 0 Å². The Balaban J connectivity index is 1.66. The number of carbonyl (C=O) groups is 2. The van der Waals surface area contributed by atoms with Gasteiger partial charge in [0.05, 0.1) is 9.75 Å². The lowest BCUT2D eigenvalue weighted by atomic mass is 10.1. The number of likely N-dealkylation sites (tertiary alicyclic amines) is 1. The van der Waals surface area contributed by atoms with Crippen molar-refractivity contribution in [2.45, 2.75) is 25.8 Å². The fraction of sp³-hybridized carbons (Fsp3) is 0.375. The first kappa shape index (κ1) is 14.8. The van der Waals surface area contributed by atoms with Crippen LogP contribution in [0.4, 0.5) is 0 Å². The van der Waals surface area contributed by atoms with E-state index in [1.807, 2.05) is 31.2 Å². The molecule has 1 saturated heterocycles. The van der Waals surface area contributed by atoms with E-state index in [9.17, 15) is 9.59 Å². The highest BCUT2D eigenvalue weighted by atomic mass is 32.1. The Bertz CT molecular complexity index is 704. The molecule has 6 heteroatoms. The topological polar surface area (TPSA) is 62.6 Å². The molecule has 0 unspecified atom stereocenters. The number of amides is 2. The summed E-state index contributed by atoms with van der Waals surface area (Å²) >= 11 is 1.41. The molecule has 2 aromatic rings. The lowest BCUT2D eigenvalue weighted by Crippen LogP contribution is -2.48. The first-order chi connectivity index (χ1) is 10.5. The number of likely N-dealkylation sites (N-methyl/N-ethyl adjacent to an activating group) is 1. The highest BCUT2D eigenvalue weighted by Gasteiger charge is 2.24. The average molecular weight is 318 g/mol. The molecule has 116 valence electrons. The maximum absolute atomic E-state index is 12.3. The lowest BCUT2D eigenvalue weighted by molar-refractivity contribution is -0.132. The number of carbonyl (C=O) groups excluding carboxylic acids is 2. The average Bonchev–Trinajstić information content (AvgIpc) is 3.11. The highest BCUT2D eigenvalue weighted by Crippen LogP contribution is 2.29. The number of hydrogen-bond donors (Lipinski definition) is 1. The Morgan fingerprint density at radius 1 is 1.36 bits per heavy atom. The quantitative estimate of drug-likeness (QED) is 0.946. The van der Waals surface area contributed by atoms with Gasteiger partial charge in [-0.15, -0.1) is 11.3 Å². The fourth-order valence-electron chi connectivity index (χ4n) is 2.55. The summed E-state index contributed by atoms with van der Waals surface area (Å²) in [6, 6.07) is 7.54. The molecule has 2 aromatic heterocycles. The number of nitrogens with one attached hydrogen (secondary N) is 1. The van der Waals surface area contributed by atoms with Gasteiger partial charge in [-0.25, -0.2) is 0 Å². The molecule has 0 aliphatic carbocycles. The molecule has 2 amide bonds. The Hall–Kier alpha value is -2.08. The summed E-state index contributed by atoms with van der Waals surface area (Å²) in [5, 5.41) is 3.00. The summed E-state index contributed by atoms with van der Waals surface area (Å²) in [5.74, 6) is 1.68. The number of hydrogen-bond acceptors (Lipinski definition) is 4. The number of piperidine rings is 1. The van der Waals surface area contributed by atoms with E-state index in [4.69, 9.17) is 4.42 Å². The second-order valence-corrected chi connectivity index (χ2v) is 6.64. The summed E-state index contributed by atoms with van der Waals surface area (Å²) in [4.78, 5) is 27.0. The highest BCUT2D eigenvalue weighted by molar-refractivity contribution is 7.17. The maximum atomic E-state index is 12.3. The second kappa shape index (κ2) is 5.96. The van der Waals surface area contributed by atoms with Crippen molar-refractivity contribution in [2.75, 3.05) is 13.6 Å². The first-order valence-corrected chi connectivity index (χ1v) is 8.06. The van der Waals surface area contributed by atoms with Crippen LogP contribution in [0.3, 0.4) is 0 Å². The molecule has 1 aliphatic heterocycles. The molecule has 0 bridgehead atoms. The van der Waals surface area contributed by atoms with Gasteiger partial charge in [0.2, 0.25) is 5.91 Å². The van der Waals surface area contributed by atoms with Crippen molar-refractivity contribution in [1.29, 1.82) is 0 Å².